The molecule has 5 nitrogen and oxygen atoms in total. The maximum absolute atomic E-state index is 12.5. The molecular weight excluding hydrogens is 301 g/mol. The molecule has 2 rings (SSSR count). The van der Waals surface area contributed by atoms with Gasteiger partial charge in [0.25, 0.3) is 5.91 Å². The summed E-state index contributed by atoms with van der Waals surface area (Å²) in [5.41, 5.74) is 5.83. The van der Waals surface area contributed by atoms with Gasteiger partial charge in [-0.25, -0.2) is 0 Å². The first-order valence-corrected chi connectivity index (χ1v) is 7.01. The lowest BCUT2D eigenvalue weighted by Gasteiger charge is -2.22. The maximum atomic E-state index is 12.5. The number of hydrogen-bond acceptors (Lipinski definition) is 3. The Labute approximate surface area is 126 Å². The van der Waals surface area contributed by atoms with E-state index in [0.29, 0.717) is 28.6 Å². The summed E-state index contributed by atoms with van der Waals surface area (Å²) in [6.45, 7) is 0.391. The summed E-state index contributed by atoms with van der Waals surface area (Å²) < 4.78 is 0. The van der Waals surface area contributed by atoms with Crippen LogP contribution in [0.4, 0.5) is 0 Å². The van der Waals surface area contributed by atoms with Gasteiger partial charge in [-0.05, 0) is 31.0 Å². The zero-order valence-electron chi connectivity index (χ0n) is 10.7. The molecule has 0 radical (unpaired) electrons. The largest absolute Gasteiger partial charge is 0.409 e. The minimum atomic E-state index is -0.175. The fourth-order valence-electron chi connectivity index (χ4n) is 1.94. The Balaban J connectivity index is 2.16. The Morgan fingerprint density at radius 3 is 2.75 bits per heavy atom. The van der Waals surface area contributed by atoms with Crippen LogP contribution in [0.15, 0.2) is 23.4 Å². The Morgan fingerprint density at radius 1 is 1.45 bits per heavy atom. The lowest BCUT2D eigenvalue weighted by Crippen LogP contribution is -2.36. The van der Waals surface area contributed by atoms with Crippen molar-refractivity contribution in [2.75, 3.05) is 6.54 Å². The van der Waals surface area contributed by atoms with Crippen LogP contribution in [0.5, 0.6) is 0 Å². The van der Waals surface area contributed by atoms with Gasteiger partial charge in [0, 0.05) is 24.0 Å². The third-order valence-corrected chi connectivity index (χ3v) is 3.71. The van der Waals surface area contributed by atoms with Crippen LogP contribution >= 0.6 is 23.2 Å². The van der Waals surface area contributed by atoms with Crippen LogP contribution in [0.3, 0.4) is 0 Å². The molecule has 1 amide bonds. The second-order valence-electron chi connectivity index (χ2n) is 4.70. The molecule has 1 aromatic carbocycles. The van der Waals surface area contributed by atoms with E-state index in [9.17, 15) is 4.79 Å². The zero-order chi connectivity index (χ0) is 14.7. The van der Waals surface area contributed by atoms with Crippen LogP contribution in [-0.4, -0.2) is 34.4 Å². The number of amides is 1. The predicted molar refractivity (Wildman–Crippen MR) is 78.5 cm³/mol. The van der Waals surface area contributed by atoms with E-state index in [1.165, 1.54) is 0 Å². The number of hydrogen-bond donors (Lipinski definition) is 2. The highest BCUT2D eigenvalue weighted by molar-refractivity contribution is 6.35. The van der Waals surface area contributed by atoms with Crippen LogP contribution < -0.4 is 5.73 Å². The third-order valence-electron chi connectivity index (χ3n) is 3.14. The molecule has 7 heteroatoms. The van der Waals surface area contributed by atoms with Gasteiger partial charge >= 0.3 is 0 Å². The molecule has 20 heavy (non-hydrogen) atoms. The molecule has 1 aliphatic carbocycles. The summed E-state index contributed by atoms with van der Waals surface area (Å²) in [7, 11) is 0. The average molecular weight is 316 g/mol. The zero-order valence-corrected chi connectivity index (χ0v) is 12.2. The number of carbonyl (C=O) groups is 1. The first-order chi connectivity index (χ1) is 9.52. The average Bonchev–Trinajstić information content (AvgIpc) is 3.25. The van der Waals surface area contributed by atoms with E-state index in [4.69, 9.17) is 34.1 Å². The number of oxime groups is 1. The smallest absolute Gasteiger partial charge is 0.255 e. The Bertz CT molecular complexity index is 544. The number of halogens is 2. The molecule has 1 aromatic rings. The molecule has 0 saturated heterocycles. The highest BCUT2D eigenvalue weighted by atomic mass is 35.5. The first-order valence-electron chi connectivity index (χ1n) is 6.25. The van der Waals surface area contributed by atoms with Crippen molar-refractivity contribution < 1.29 is 10.0 Å². The predicted octanol–water partition coefficient (Wildman–Crippen LogP) is 2.73. The molecule has 108 valence electrons. The van der Waals surface area contributed by atoms with Crippen molar-refractivity contribution >= 4 is 34.9 Å². The lowest BCUT2D eigenvalue weighted by atomic mass is 10.2. The van der Waals surface area contributed by atoms with Crippen molar-refractivity contribution in [3.63, 3.8) is 0 Å². The molecule has 1 saturated carbocycles. The van der Waals surface area contributed by atoms with Gasteiger partial charge in [0.15, 0.2) is 0 Å². The van der Waals surface area contributed by atoms with Crippen LogP contribution in [0.25, 0.3) is 0 Å². The van der Waals surface area contributed by atoms with Gasteiger partial charge in [0.1, 0.15) is 5.84 Å². The maximum Gasteiger partial charge on any atom is 0.255 e. The van der Waals surface area contributed by atoms with E-state index in [0.717, 1.165) is 12.8 Å². The highest BCUT2D eigenvalue weighted by Gasteiger charge is 2.33. The normalized spacial score (nSPS) is 15.2. The van der Waals surface area contributed by atoms with Gasteiger partial charge in [-0.2, -0.15) is 0 Å². The summed E-state index contributed by atoms with van der Waals surface area (Å²) in [4.78, 5) is 14.2. The van der Waals surface area contributed by atoms with Gasteiger partial charge in [-0.3, -0.25) is 4.79 Å². The van der Waals surface area contributed by atoms with Crippen molar-refractivity contribution in [3.8, 4) is 0 Å². The van der Waals surface area contributed by atoms with Gasteiger partial charge in [-0.1, -0.05) is 28.4 Å². The third kappa shape index (κ3) is 3.55. The van der Waals surface area contributed by atoms with Crippen LogP contribution in [0, 0.1) is 0 Å². The van der Waals surface area contributed by atoms with E-state index in [-0.39, 0.29) is 17.8 Å². The van der Waals surface area contributed by atoms with Gasteiger partial charge < -0.3 is 15.8 Å². The van der Waals surface area contributed by atoms with E-state index >= 15 is 0 Å². The van der Waals surface area contributed by atoms with Crippen LogP contribution in [0.2, 0.25) is 10.0 Å². The van der Waals surface area contributed by atoms with Crippen LogP contribution in [0.1, 0.15) is 29.6 Å². The topological polar surface area (TPSA) is 78.9 Å². The fourth-order valence-corrected chi connectivity index (χ4v) is 2.31. The van der Waals surface area contributed by atoms with Crippen molar-refractivity contribution in [2.45, 2.75) is 25.3 Å². The van der Waals surface area contributed by atoms with E-state index < -0.39 is 0 Å². The van der Waals surface area contributed by atoms with E-state index in [1.54, 1.807) is 23.1 Å². The number of benzene rings is 1. The van der Waals surface area contributed by atoms with Crippen molar-refractivity contribution in [1.82, 2.24) is 4.90 Å². The molecule has 0 aromatic heterocycles. The van der Waals surface area contributed by atoms with E-state index in [1.807, 2.05) is 0 Å². The minimum absolute atomic E-state index is 0.0978. The second kappa shape index (κ2) is 6.33. The van der Waals surface area contributed by atoms with Gasteiger partial charge in [0.05, 0.1) is 10.6 Å². The fraction of sp³-hybridized carbons (Fsp3) is 0.385. The molecule has 3 N–H and O–H groups in total. The van der Waals surface area contributed by atoms with Crippen LogP contribution in [-0.2, 0) is 0 Å². The standard InChI is InChI=1S/C13H15Cl2N3O2/c14-8-1-4-11(15)10(7-8)13(19)18(9-2-3-9)6-5-12(16)17-20/h1,4,7,9,20H,2-3,5-6H2,(H2,16,17). The lowest BCUT2D eigenvalue weighted by molar-refractivity contribution is 0.0747. The van der Waals surface area contributed by atoms with E-state index in [2.05, 4.69) is 5.16 Å². The van der Waals surface area contributed by atoms with Gasteiger partial charge in [-0.15, -0.1) is 0 Å². The minimum Gasteiger partial charge on any atom is -0.409 e. The molecule has 0 bridgehead atoms. The molecule has 1 fully saturated rings. The highest BCUT2D eigenvalue weighted by Crippen LogP contribution is 2.30. The monoisotopic (exact) mass is 315 g/mol. The number of nitrogens with two attached hydrogens (primary N) is 1. The molecule has 0 aliphatic heterocycles. The summed E-state index contributed by atoms with van der Waals surface area (Å²) in [5.74, 6) is -0.0774. The number of amidine groups is 1. The summed E-state index contributed by atoms with van der Waals surface area (Å²) in [6.07, 6.45) is 2.23. The van der Waals surface area contributed by atoms with Crippen molar-refractivity contribution in [3.05, 3.63) is 33.8 Å². The second-order valence-corrected chi connectivity index (χ2v) is 5.54. The first kappa shape index (κ1) is 14.9. The number of carbonyl (C=O) groups excluding carboxylic acids is 1. The van der Waals surface area contributed by atoms with Gasteiger partial charge in [0.2, 0.25) is 0 Å². The number of rotatable bonds is 5. The molecular formula is C13H15Cl2N3O2. The summed E-state index contributed by atoms with van der Waals surface area (Å²) >= 11 is 12.0. The Morgan fingerprint density at radius 2 is 2.15 bits per heavy atom. The SMILES string of the molecule is NC(CCN(C(=O)c1cc(Cl)ccc1Cl)C1CC1)=NO. The quantitative estimate of drug-likeness (QED) is 0.379. The Kier molecular flexibility index (Phi) is 4.73. The van der Waals surface area contributed by atoms with Crippen molar-refractivity contribution in [2.24, 2.45) is 10.9 Å². The van der Waals surface area contributed by atoms with Crippen molar-refractivity contribution in [1.29, 1.82) is 0 Å². The molecule has 0 unspecified atom stereocenters. The summed E-state index contributed by atoms with van der Waals surface area (Å²) in [5, 5.41) is 12.3. The summed E-state index contributed by atoms with van der Waals surface area (Å²) in [6, 6.07) is 5.00. The molecule has 0 atom stereocenters. The molecule has 1 aliphatic rings. The Hall–Kier alpha value is -1.46. The molecule has 0 heterocycles. The molecule has 0 spiro atoms. The number of nitrogens with zero attached hydrogens (tertiary/aromatic N) is 2.